The van der Waals surface area contributed by atoms with Gasteiger partial charge in [0.25, 0.3) is 0 Å². The number of fused-ring (bicyclic) bond motifs is 2. The van der Waals surface area contributed by atoms with Gasteiger partial charge in [-0.3, -0.25) is 0 Å². The van der Waals surface area contributed by atoms with E-state index in [9.17, 15) is 0 Å². The smallest absolute Gasteiger partial charge is 0.142 e. The van der Waals surface area contributed by atoms with Crippen LogP contribution < -0.4 is 0 Å². The summed E-state index contributed by atoms with van der Waals surface area (Å²) in [6.07, 6.45) is 1.42. The van der Waals surface area contributed by atoms with E-state index in [0.29, 0.717) is 12.7 Å². The molecular weight excluding hydrogens is 155 g/mol. The fourth-order valence-corrected chi connectivity index (χ4v) is 2.13. The molecule has 2 rings (SSSR count). The first-order valence-corrected chi connectivity index (χ1v) is 4.50. The van der Waals surface area contributed by atoms with E-state index in [4.69, 9.17) is 14.2 Å². The summed E-state index contributed by atoms with van der Waals surface area (Å²) in [5.74, 6) is 0. The van der Waals surface area contributed by atoms with Crippen molar-refractivity contribution in [3.63, 3.8) is 0 Å². The third-order valence-corrected chi connectivity index (χ3v) is 3.13. The van der Waals surface area contributed by atoms with E-state index >= 15 is 0 Å². The van der Waals surface area contributed by atoms with Gasteiger partial charge in [-0.2, -0.15) is 0 Å². The predicted molar refractivity (Wildman–Crippen MR) is 47.0 cm³/mol. The van der Waals surface area contributed by atoms with Crippen molar-refractivity contribution in [3.05, 3.63) is 0 Å². The second-order valence-electron chi connectivity index (χ2n) is 3.82. The molecule has 12 heavy (non-hydrogen) atoms. The van der Waals surface area contributed by atoms with Crippen molar-refractivity contribution in [1.82, 2.24) is 0 Å². The Morgan fingerprint density at radius 1 is 1.67 bits per heavy atom. The summed E-state index contributed by atoms with van der Waals surface area (Å²) in [5.41, 5.74) is -0.154. The van der Waals surface area contributed by atoms with Crippen LogP contribution in [0.5, 0.6) is 0 Å². The molecule has 0 amide bonds. The van der Waals surface area contributed by atoms with Crippen LogP contribution in [-0.2, 0) is 14.2 Å². The fraction of sp³-hybridized carbons (Fsp3) is 1.00. The van der Waals surface area contributed by atoms with Gasteiger partial charge < -0.3 is 14.2 Å². The molecule has 0 aromatic rings. The predicted octanol–water partition coefficient (Wildman–Crippen LogP) is -0.462. The average molecular weight is 170 g/mol. The Bertz CT molecular complexity index is 183. The Labute approximate surface area is 73.8 Å². The number of methoxy groups -OCH3 is 1. The molecule has 0 radical (unpaired) electrons. The van der Waals surface area contributed by atoms with E-state index in [-0.39, 0.29) is 17.7 Å². The second kappa shape index (κ2) is 2.72. The van der Waals surface area contributed by atoms with Gasteiger partial charge in [-0.1, -0.05) is 0 Å². The molecule has 68 valence electrons. The molecular formula is C8H15BO3. The minimum absolute atomic E-state index is 0.132. The molecule has 2 heterocycles. The molecule has 0 spiro atoms. The van der Waals surface area contributed by atoms with E-state index in [0.717, 1.165) is 6.42 Å². The normalized spacial score (nSPS) is 48.2. The number of ether oxygens (including phenoxy) is 3. The van der Waals surface area contributed by atoms with Crippen LogP contribution in [0.2, 0.25) is 0 Å². The van der Waals surface area contributed by atoms with Crippen molar-refractivity contribution < 1.29 is 14.2 Å². The Morgan fingerprint density at radius 3 is 2.83 bits per heavy atom. The van der Waals surface area contributed by atoms with Crippen LogP contribution in [0.15, 0.2) is 0 Å². The first kappa shape index (κ1) is 8.54. The maximum atomic E-state index is 5.85. The van der Waals surface area contributed by atoms with E-state index in [1.807, 2.05) is 6.92 Å². The fourth-order valence-electron chi connectivity index (χ4n) is 2.13. The molecule has 3 nitrogen and oxygen atoms in total. The van der Waals surface area contributed by atoms with Crippen LogP contribution in [0, 0.1) is 0 Å². The lowest BCUT2D eigenvalue weighted by molar-refractivity contribution is -0.161. The molecule has 2 fully saturated rings. The molecule has 0 N–H and O–H groups in total. The van der Waals surface area contributed by atoms with Gasteiger partial charge in [-0.15, -0.1) is 0 Å². The highest BCUT2D eigenvalue weighted by atomic mass is 16.6. The maximum Gasteiger partial charge on any atom is 0.142 e. The first-order valence-electron chi connectivity index (χ1n) is 4.50. The molecule has 2 aliphatic rings. The summed E-state index contributed by atoms with van der Waals surface area (Å²) >= 11 is 0. The molecule has 4 atom stereocenters. The topological polar surface area (TPSA) is 27.7 Å². The van der Waals surface area contributed by atoms with Gasteiger partial charge in [0, 0.05) is 13.5 Å². The highest BCUT2D eigenvalue weighted by Crippen LogP contribution is 2.41. The summed E-state index contributed by atoms with van der Waals surface area (Å²) in [7, 11) is 3.78. The zero-order valence-electron chi connectivity index (χ0n) is 7.87. The second-order valence-corrected chi connectivity index (χ2v) is 3.82. The van der Waals surface area contributed by atoms with Crippen LogP contribution >= 0.6 is 0 Å². The third kappa shape index (κ3) is 1.02. The highest BCUT2D eigenvalue weighted by Gasteiger charge is 2.54. The number of hydrogen-bond acceptors (Lipinski definition) is 3. The Kier molecular flexibility index (Phi) is 1.94. The Hall–Kier alpha value is -0.0551. The molecule has 0 aromatic carbocycles. The van der Waals surface area contributed by atoms with Gasteiger partial charge in [-0.25, -0.2) is 0 Å². The van der Waals surface area contributed by atoms with Gasteiger partial charge in [0.15, 0.2) is 0 Å². The quantitative estimate of drug-likeness (QED) is 0.524. The van der Waals surface area contributed by atoms with Crippen LogP contribution in [0.4, 0.5) is 0 Å². The molecule has 4 heteroatoms. The molecule has 0 aliphatic carbocycles. The summed E-state index contributed by atoms with van der Waals surface area (Å²) < 4.78 is 16.7. The molecule has 2 aliphatic heterocycles. The van der Waals surface area contributed by atoms with Crippen molar-refractivity contribution >= 4 is 7.85 Å². The average Bonchev–Trinajstić information content (AvgIpc) is 2.60. The lowest BCUT2D eigenvalue weighted by Gasteiger charge is -2.33. The van der Waals surface area contributed by atoms with Gasteiger partial charge in [0.2, 0.25) is 0 Å². The maximum absolute atomic E-state index is 5.85. The van der Waals surface area contributed by atoms with Crippen LogP contribution in [0.25, 0.3) is 0 Å². The van der Waals surface area contributed by atoms with E-state index in [1.165, 1.54) is 0 Å². The van der Waals surface area contributed by atoms with E-state index in [1.54, 1.807) is 7.11 Å². The molecule has 2 unspecified atom stereocenters. The van der Waals surface area contributed by atoms with Crippen molar-refractivity contribution in [1.29, 1.82) is 0 Å². The van der Waals surface area contributed by atoms with Crippen LogP contribution in [0.1, 0.15) is 13.3 Å². The number of rotatable bonds is 2. The van der Waals surface area contributed by atoms with Crippen molar-refractivity contribution in [2.24, 2.45) is 0 Å². The first-order chi connectivity index (χ1) is 5.68. The Morgan fingerprint density at radius 2 is 2.42 bits per heavy atom. The summed E-state index contributed by atoms with van der Waals surface area (Å²) in [6.45, 7) is 2.74. The largest absolute Gasteiger partial charge is 0.379 e. The zero-order valence-corrected chi connectivity index (χ0v) is 7.87. The van der Waals surface area contributed by atoms with Gasteiger partial charge >= 0.3 is 0 Å². The van der Waals surface area contributed by atoms with Crippen molar-refractivity contribution in [2.75, 3.05) is 13.7 Å². The van der Waals surface area contributed by atoms with Gasteiger partial charge in [0.05, 0.1) is 24.8 Å². The summed E-state index contributed by atoms with van der Waals surface area (Å²) in [5, 5.41) is 0. The molecule has 2 bridgehead atoms. The highest BCUT2D eigenvalue weighted by molar-refractivity contribution is 6.11. The monoisotopic (exact) mass is 170 g/mol. The zero-order chi connectivity index (χ0) is 8.77. The van der Waals surface area contributed by atoms with Crippen LogP contribution in [-0.4, -0.2) is 45.4 Å². The minimum Gasteiger partial charge on any atom is -0.379 e. The number of hydrogen-bond donors (Lipinski definition) is 0. The standard InChI is InChI=1S/C8H15BO3/c1-5(10-2)8-3-6(11-4-8)7(9)12-8/h5-7H,3-4,9H2,1-2H3/t5?,6?,7-,8-/m1/s1. The summed E-state index contributed by atoms with van der Waals surface area (Å²) in [4.78, 5) is 0. The van der Waals surface area contributed by atoms with E-state index in [2.05, 4.69) is 7.85 Å². The SMILES string of the molecule is B[C@@H]1O[C@@]2(C(C)OC)COC1C2. The van der Waals surface area contributed by atoms with Crippen LogP contribution in [0.3, 0.4) is 0 Å². The minimum atomic E-state index is -0.154. The molecule has 0 aromatic heterocycles. The molecule has 2 saturated heterocycles. The lowest BCUT2D eigenvalue weighted by Crippen LogP contribution is -2.46. The molecule has 0 saturated carbocycles. The Balaban J connectivity index is 2.12. The van der Waals surface area contributed by atoms with Crippen molar-refractivity contribution in [2.45, 2.75) is 37.2 Å². The van der Waals surface area contributed by atoms with Gasteiger partial charge in [0.1, 0.15) is 13.4 Å². The lowest BCUT2D eigenvalue weighted by atomic mass is 9.92. The van der Waals surface area contributed by atoms with E-state index < -0.39 is 0 Å². The third-order valence-electron chi connectivity index (χ3n) is 3.13. The van der Waals surface area contributed by atoms with Gasteiger partial charge in [-0.05, 0) is 6.92 Å². The summed E-state index contributed by atoms with van der Waals surface area (Å²) in [6, 6.07) is 0.233. The van der Waals surface area contributed by atoms with Crippen molar-refractivity contribution in [3.8, 4) is 0 Å².